The number of thiophene rings is 1. The normalized spacial score (nSPS) is 10.9. The van der Waals surface area contributed by atoms with E-state index in [4.69, 9.17) is 5.73 Å². The molecule has 2 aromatic rings. The van der Waals surface area contributed by atoms with E-state index < -0.39 is 0 Å². The maximum atomic E-state index is 5.75. The molecule has 0 aliphatic carbocycles. The third-order valence-corrected chi connectivity index (χ3v) is 3.71. The van der Waals surface area contributed by atoms with Crippen molar-refractivity contribution in [1.82, 2.24) is 0 Å². The molecule has 0 unspecified atom stereocenters. The molecule has 0 bridgehead atoms. The van der Waals surface area contributed by atoms with Crippen LogP contribution in [0.4, 0.5) is 5.69 Å². The van der Waals surface area contributed by atoms with Crippen molar-refractivity contribution in [2.24, 2.45) is 0 Å². The number of hydrogen-bond donors (Lipinski definition) is 1. The minimum atomic E-state index is 0.823. The van der Waals surface area contributed by atoms with Gasteiger partial charge in [0.1, 0.15) is 0 Å². The lowest BCUT2D eigenvalue weighted by molar-refractivity contribution is 1.17. The summed E-state index contributed by atoms with van der Waals surface area (Å²) in [7, 11) is 0. The Hall–Kier alpha value is -0.540. The second-order valence-corrected chi connectivity index (χ2v) is 4.76. The van der Waals surface area contributed by atoms with Gasteiger partial charge in [-0.05, 0) is 29.5 Å². The fourth-order valence-electron chi connectivity index (χ4n) is 1.46. The van der Waals surface area contributed by atoms with Gasteiger partial charge in [0.15, 0.2) is 0 Å². The molecule has 1 aromatic heterocycles. The van der Waals surface area contributed by atoms with Crippen LogP contribution in [0.5, 0.6) is 0 Å². The standard InChI is InChI=1S/C10H10BrNS/c1-2-6-5-13-9-4-7(12)3-8(11)10(6)9/h3-5H,2,12H2,1H3. The van der Waals surface area contributed by atoms with Crippen LogP contribution < -0.4 is 5.73 Å². The van der Waals surface area contributed by atoms with E-state index in [0.717, 1.165) is 16.6 Å². The van der Waals surface area contributed by atoms with Gasteiger partial charge in [0.2, 0.25) is 0 Å². The summed E-state index contributed by atoms with van der Waals surface area (Å²) >= 11 is 5.30. The van der Waals surface area contributed by atoms with Crippen molar-refractivity contribution < 1.29 is 0 Å². The van der Waals surface area contributed by atoms with Crippen molar-refractivity contribution in [3.8, 4) is 0 Å². The zero-order valence-electron chi connectivity index (χ0n) is 7.30. The highest BCUT2D eigenvalue weighted by Gasteiger charge is 2.06. The Balaban J connectivity index is 2.82. The topological polar surface area (TPSA) is 26.0 Å². The van der Waals surface area contributed by atoms with E-state index in [9.17, 15) is 0 Å². The monoisotopic (exact) mass is 255 g/mol. The van der Waals surface area contributed by atoms with Crippen molar-refractivity contribution in [3.05, 3.63) is 27.5 Å². The number of rotatable bonds is 1. The molecule has 0 aliphatic rings. The van der Waals surface area contributed by atoms with Crippen LogP contribution in [0.2, 0.25) is 0 Å². The number of fused-ring (bicyclic) bond motifs is 1. The zero-order valence-corrected chi connectivity index (χ0v) is 9.71. The van der Waals surface area contributed by atoms with E-state index in [0.29, 0.717) is 0 Å². The Bertz CT molecular complexity index is 447. The average molecular weight is 256 g/mol. The first-order valence-electron chi connectivity index (χ1n) is 4.17. The maximum Gasteiger partial charge on any atom is 0.0377 e. The largest absolute Gasteiger partial charge is 0.399 e. The van der Waals surface area contributed by atoms with Gasteiger partial charge >= 0.3 is 0 Å². The van der Waals surface area contributed by atoms with Gasteiger partial charge in [-0.2, -0.15) is 0 Å². The summed E-state index contributed by atoms with van der Waals surface area (Å²) in [5, 5.41) is 3.52. The predicted octanol–water partition coefficient (Wildman–Crippen LogP) is 3.81. The molecule has 0 radical (unpaired) electrons. The molecule has 1 heterocycles. The second-order valence-electron chi connectivity index (χ2n) is 2.99. The van der Waals surface area contributed by atoms with Crippen LogP contribution in [0.25, 0.3) is 10.1 Å². The Morgan fingerprint density at radius 1 is 1.46 bits per heavy atom. The van der Waals surface area contributed by atoms with Crippen LogP contribution in [-0.4, -0.2) is 0 Å². The number of nitrogen functional groups attached to an aromatic ring is 1. The minimum Gasteiger partial charge on any atom is -0.399 e. The summed E-state index contributed by atoms with van der Waals surface area (Å²) in [6.07, 6.45) is 1.07. The fourth-order valence-corrected chi connectivity index (χ4v) is 3.44. The predicted molar refractivity (Wildman–Crippen MR) is 63.3 cm³/mol. The minimum absolute atomic E-state index is 0.823. The number of nitrogens with two attached hydrogens (primary N) is 1. The van der Waals surface area contributed by atoms with Crippen LogP contribution in [0, 0.1) is 0 Å². The number of aryl methyl sites for hydroxylation is 1. The number of halogens is 1. The Labute approximate surface area is 89.7 Å². The first kappa shape index (κ1) is 9.03. The summed E-state index contributed by atoms with van der Waals surface area (Å²) in [6.45, 7) is 2.17. The van der Waals surface area contributed by atoms with E-state index in [2.05, 4.69) is 28.2 Å². The highest BCUT2D eigenvalue weighted by molar-refractivity contribution is 9.10. The highest BCUT2D eigenvalue weighted by atomic mass is 79.9. The molecular formula is C10H10BrNS. The highest BCUT2D eigenvalue weighted by Crippen LogP contribution is 2.34. The summed E-state index contributed by atoms with van der Waals surface area (Å²) in [4.78, 5) is 0. The molecule has 3 heteroatoms. The van der Waals surface area contributed by atoms with Crippen molar-refractivity contribution >= 4 is 43.0 Å². The maximum absolute atomic E-state index is 5.75. The molecule has 0 saturated carbocycles. The van der Waals surface area contributed by atoms with E-state index in [-0.39, 0.29) is 0 Å². The van der Waals surface area contributed by atoms with Crippen molar-refractivity contribution in [1.29, 1.82) is 0 Å². The molecule has 0 fully saturated rings. The van der Waals surface area contributed by atoms with Gasteiger partial charge in [0.05, 0.1) is 0 Å². The van der Waals surface area contributed by atoms with Gasteiger partial charge in [-0.3, -0.25) is 0 Å². The van der Waals surface area contributed by atoms with Gasteiger partial charge in [-0.25, -0.2) is 0 Å². The molecule has 2 rings (SSSR count). The second kappa shape index (κ2) is 3.31. The van der Waals surface area contributed by atoms with Crippen LogP contribution in [-0.2, 0) is 6.42 Å². The third kappa shape index (κ3) is 1.46. The average Bonchev–Trinajstić information content (AvgIpc) is 2.47. The van der Waals surface area contributed by atoms with Crippen LogP contribution in [0.15, 0.2) is 22.0 Å². The van der Waals surface area contributed by atoms with E-state index in [1.54, 1.807) is 11.3 Å². The summed E-state index contributed by atoms with van der Waals surface area (Å²) in [5.74, 6) is 0. The number of hydrogen-bond acceptors (Lipinski definition) is 2. The third-order valence-electron chi connectivity index (χ3n) is 2.11. The Morgan fingerprint density at radius 3 is 2.92 bits per heavy atom. The molecular weight excluding hydrogens is 246 g/mol. The summed E-state index contributed by atoms with van der Waals surface area (Å²) in [6, 6.07) is 4.00. The fraction of sp³-hybridized carbons (Fsp3) is 0.200. The molecule has 0 spiro atoms. The van der Waals surface area contributed by atoms with Crippen LogP contribution in [0.1, 0.15) is 12.5 Å². The van der Waals surface area contributed by atoms with E-state index >= 15 is 0 Å². The molecule has 0 aliphatic heterocycles. The Kier molecular flexibility index (Phi) is 2.30. The number of benzene rings is 1. The SMILES string of the molecule is CCc1csc2cc(N)cc(Br)c12. The molecule has 68 valence electrons. The van der Waals surface area contributed by atoms with Gasteiger partial charge in [-0.1, -0.05) is 22.9 Å². The number of anilines is 1. The van der Waals surface area contributed by atoms with Crippen molar-refractivity contribution in [2.75, 3.05) is 5.73 Å². The molecule has 0 atom stereocenters. The molecule has 0 amide bonds. The lowest BCUT2D eigenvalue weighted by Gasteiger charge is -1.99. The summed E-state index contributed by atoms with van der Waals surface area (Å²) < 4.78 is 2.38. The van der Waals surface area contributed by atoms with Gasteiger partial charge in [0.25, 0.3) is 0 Å². The zero-order chi connectivity index (χ0) is 9.42. The lowest BCUT2D eigenvalue weighted by atomic mass is 10.1. The molecule has 13 heavy (non-hydrogen) atoms. The van der Waals surface area contributed by atoms with E-state index in [1.165, 1.54) is 15.6 Å². The van der Waals surface area contributed by atoms with Crippen LogP contribution in [0.3, 0.4) is 0 Å². The molecule has 1 nitrogen and oxygen atoms in total. The molecule has 1 aromatic carbocycles. The molecule has 0 saturated heterocycles. The smallest absolute Gasteiger partial charge is 0.0377 e. The first-order chi connectivity index (χ1) is 6.22. The van der Waals surface area contributed by atoms with Gasteiger partial charge < -0.3 is 5.73 Å². The molecule has 2 N–H and O–H groups in total. The summed E-state index contributed by atoms with van der Waals surface area (Å²) in [5.41, 5.74) is 7.97. The van der Waals surface area contributed by atoms with Gasteiger partial charge in [-0.15, -0.1) is 11.3 Å². The van der Waals surface area contributed by atoms with Gasteiger partial charge in [0, 0.05) is 20.2 Å². The first-order valence-corrected chi connectivity index (χ1v) is 5.84. The van der Waals surface area contributed by atoms with Crippen molar-refractivity contribution in [3.63, 3.8) is 0 Å². The quantitative estimate of drug-likeness (QED) is 0.771. The Morgan fingerprint density at radius 2 is 2.23 bits per heavy atom. The van der Waals surface area contributed by atoms with Crippen LogP contribution >= 0.6 is 27.3 Å². The van der Waals surface area contributed by atoms with Crippen molar-refractivity contribution in [2.45, 2.75) is 13.3 Å². The lowest BCUT2D eigenvalue weighted by Crippen LogP contribution is -1.84. The van der Waals surface area contributed by atoms with E-state index in [1.807, 2.05) is 12.1 Å².